The molecule has 0 radical (unpaired) electrons. The van der Waals surface area contributed by atoms with Crippen molar-refractivity contribution in [1.29, 1.82) is 0 Å². The number of amides is 1. The highest BCUT2D eigenvalue weighted by Gasteiger charge is 2.16. The number of rotatable bonds is 7. The summed E-state index contributed by atoms with van der Waals surface area (Å²) in [7, 11) is 4.57. The number of hydrogen-bond acceptors (Lipinski definition) is 7. The van der Waals surface area contributed by atoms with E-state index in [1.165, 1.54) is 38.5 Å². The van der Waals surface area contributed by atoms with Gasteiger partial charge in [-0.1, -0.05) is 0 Å². The molecule has 4 rings (SSSR count). The average Bonchev–Trinajstić information content (AvgIpc) is 2.88. The first-order valence-corrected chi connectivity index (χ1v) is 10.4. The van der Waals surface area contributed by atoms with Crippen LogP contribution < -0.4 is 25.1 Å². The van der Waals surface area contributed by atoms with Gasteiger partial charge in [0.2, 0.25) is 5.55 Å². The Morgan fingerprint density at radius 3 is 2.20 bits per heavy atom. The fourth-order valence-corrected chi connectivity index (χ4v) is 3.38. The number of nitrogens with one attached hydrogen (secondary N) is 1. The quantitative estimate of drug-likeness (QED) is 0.400. The van der Waals surface area contributed by atoms with Gasteiger partial charge in [0.05, 0.1) is 38.3 Å². The smallest absolute Gasteiger partial charge is 0.335 e. The largest absolute Gasteiger partial charge is 0.497 e. The highest BCUT2D eigenvalue weighted by atomic mass is 16.5. The van der Waals surface area contributed by atoms with Gasteiger partial charge in [-0.3, -0.25) is 4.79 Å². The van der Waals surface area contributed by atoms with Crippen molar-refractivity contribution in [2.45, 2.75) is 0 Å². The molecule has 9 nitrogen and oxygen atoms in total. The fourth-order valence-electron chi connectivity index (χ4n) is 3.38. The van der Waals surface area contributed by atoms with Crippen LogP contribution in [-0.2, 0) is 0 Å². The lowest BCUT2D eigenvalue weighted by Crippen LogP contribution is -2.22. The van der Waals surface area contributed by atoms with Crippen molar-refractivity contribution in [2.24, 2.45) is 4.99 Å². The summed E-state index contributed by atoms with van der Waals surface area (Å²) in [6, 6.07) is 17.8. The van der Waals surface area contributed by atoms with Crippen LogP contribution >= 0.6 is 0 Å². The van der Waals surface area contributed by atoms with E-state index in [-0.39, 0.29) is 16.7 Å². The molecular weight excluding hydrogens is 452 g/mol. The van der Waals surface area contributed by atoms with Crippen LogP contribution in [0.25, 0.3) is 11.0 Å². The molecule has 178 valence electrons. The molecule has 0 saturated carbocycles. The fraction of sp³-hybridized carbons (Fsp3) is 0.115. The minimum atomic E-state index is -1.05. The van der Waals surface area contributed by atoms with E-state index in [9.17, 15) is 9.59 Å². The number of fused-ring (bicyclic) bond motifs is 1. The lowest BCUT2D eigenvalue weighted by atomic mass is 10.1. The van der Waals surface area contributed by atoms with Crippen LogP contribution in [0.3, 0.4) is 0 Å². The highest BCUT2D eigenvalue weighted by molar-refractivity contribution is 6.06. The lowest BCUT2D eigenvalue weighted by molar-refractivity contribution is 0.0696. The van der Waals surface area contributed by atoms with Gasteiger partial charge in [0.15, 0.2) is 0 Å². The Morgan fingerprint density at radius 2 is 1.54 bits per heavy atom. The average molecular weight is 474 g/mol. The molecule has 9 heteroatoms. The van der Waals surface area contributed by atoms with Crippen LogP contribution in [0.2, 0.25) is 0 Å². The number of carboxylic acid groups (broad SMARTS) is 1. The van der Waals surface area contributed by atoms with Crippen molar-refractivity contribution in [3.8, 4) is 17.2 Å². The topological polar surface area (TPSA) is 120 Å². The summed E-state index contributed by atoms with van der Waals surface area (Å²) in [5, 5.41) is 12.6. The molecule has 2 N–H and O–H groups in total. The number of aromatic carboxylic acids is 1. The summed E-state index contributed by atoms with van der Waals surface area (Å²) in [5.41, 5.74) is 1.62. The predicted octanol–water partition coefficient (Wildman–Crippen LogP) is 4.64. The molecular formula is C26H22N2O7. The van der Waals surface area contributed by atoms with Crippen LogP contribution in [0.1, 0.15) is 20.7 Å². The van der Waals surface area contributed by atoms with Gasteiger partial charge in [0, 0.05) is 11.5 Å². The van der Waals surface area contributed by atoms with E-state index in [0.29, 0.717) is 39.6 Å². The van der Waals surface area contributed by atoms with E-state index in [2.05, 4.69) is 10.3 Å². The van der Waals surface area contributed by atoms with Crippen molar-refractivity contribution >= 4 is 34.2 Å². The summed E-state index contributed by atoms with van der Waals surface area (Å²) < 4.78 is 21.9. The molecule has 0 unspecified atom stereocenters. The van der Waals surface area contributed by atoms with Crippen molar-refractivity contribution in [2.75, 3.05) is 26.6 Å². The van der Waals surface area contributed by atoms with E-state index >= 15 is 0 Å². The van der Waals surface area contributed by atoms with Crippen LogP contribution in [0.5, 0.6) is 17.2 Å². The molecule has 0 aliphatic carbocycles. The highest BCUT2D eigenvalue weighted by Crippen LogP contribution is 2.29. The molecule has 3 aromatic carbocycles. The number of carbonyl (C=O) groups excluding carboxylic acids is 1. The minimum Gasteiger partial charge on any atom is -0.497 e. The first kappa shape index (κ1) is 23.4. The van der Waals surface area contributed by atoms with Gasteiger partial charge in [-0.15, -0.1) is 0 Å². The second kappa shape index (κ2) is 10.0. The van der Waals surface area contributed by atoms with Crippen molar-refractivity contribution in [3.05, 3.63) is 83.4 Å². The number of carboxylic acids is 1. The van der Waals surface area contributed by atoms with Crippen molar-refractivity contribution in [1.82, 2.24) is 0 Å². The van der Waals surface area contributed by atoms with Crippen LogP contribution in [0.15, 0.2) is 76.1 Å². The number of benzene rings is 3. The summed E-state index contributed by atoms with van der Waals surface area (Å²) in [6.45, 7) is 0. The van der Waals surface area contributed by atoms with E-state index in [1.54, 1.807) is 49.6 Å². The maximum atomic E-state index is 13.4. The minimum absolute atomic E-state index is 0.0464. The zero-order valence-electron chi connectivity index (χ0n) is 19.2. The van der Waals surface area contributed by atoms with Crippen molar-refractivity contribution < 1.29 is 33.3 Å². The third-order valence-electron chi connectivity index (χ3n) is 5.20. The molecule has 35 heavy (non-hydrogen) atoms. The number of hydrogen-bond donors (Lipinski definition) is 2. The maximum absolute atomic E-state index is 13.4. The van der Waals surface area contributed by atoms with Gasteiger partial charge in [0.25, 0.3) is 5.91 Å². The van der Waals surface area contributed by atoms with Gasteiger partial charge >= 0.3 is 5.97 Å². The first-order valence-electron chi connectivity index (χ1n) is 10.4. The Bertz CT molecular complexity index is 1470. The first-order chi connectivity index (χ1) is 16.9. The zero-order valence-corrected chi connectivity index (χ0v) is 19.2. The van der Waals surface area contributed by atoms with E-state index in [4.69, 9.17) is 23.7 Å². The predicted molar refractivity (Wildman–Crippen MR) is 129 cm³/mol. The SMILES string of the molecule is COc1ccc(OC)c(NC(=O)c2cc3cc(OC)ccc3oc2=Nc2ccc(C(=O)O)cc2)c1. The molecule has 0 atom stereocenters. The van der Waals surface area contributed by atoms with Crippen LogP contribution in [0, 0.1) is 0 Å². The van der Waals surface area contributed by atoms with Crippen LogP contribution in [-0.4, -0.2) is 38.3 Å². The Kier molecular flexibility index (Phi) is 6.68. The lowest BCUT2D eigenvalue weighted by Gasteiger charge is -2.12. The van der Waals surface area contributed by atoms with Gasteiger partial charge < -0.3 is 29.1 Å². The third kappa shape index (κ3) is 5.09. The van der Waals surface area contributed by atoms with Gasteiger partial charge in [-0.2, -0.15) is 0 Å². The number of anilines is 1. The molecule has 0 fully saturated rings. The zero-order chi connectivity index (χ0) is 24.9. The maximum Gasteiger partial charge on any atom is 0.335 e. The Balaban J connectivity index is 1.84. The summed E-state index contributed by atoms with van der Waals surface area (Å²) >= 11 is 0. The Labute approximate surface area is 200 Å². The number of methoxy groups -OCH3 is 3. The number of ether oxygens (including phenoxy) is 3. The number of carbonyl (C=O) groups is 2. The molecule has 1 amide bonds. The summed E-state index contributed by atoms with van der Waals surface area (Å²) in [6.07, 6.45) is 0. The Hall–Kier alpha value is -4.79. The second-order valence-corrected chi connectivity index (χ2v) is 7.35. The van der Waals surface area contributed by atoms with E-state index in [0.717, 1.165) is 0 Å². The molecule has 0 aliphatic rings. The standard InChI is InChI=1S/C26H22N2O7/c1-32-18-8-10-22-16(12-18)13-20(24(29)28-21-14-19(33-2)9-11-23(21)34-3)25(35-22)27-17-6-4-15(5-7-17)26(30)31/h4-14H,1-3H3,(H,28,29)(H,30,31). The molecule has 0 bridgehead atoms. The molecule has 0 aliphatic heterocycles. The summed E-state index contributed by atoms with van der Waals surface area (Å²) in [4.78, 5) is 29.0. The van der Waals surface area contributed by atoms with E-state index < -0.39 is 11.9 Å². The Morgan fingerprint density at radius 1 is 0.857 bits per heavy atom. The van der Waals surface area contributed by atoms with Gasteiger partial charge in [-0.05, 0) is 60.7 Å². The molecule has 1 heterocycles. The van der Waals surface area contributed by atoms with Gasteiger partial charge in [0.1, 0.15) is 28.4 Å². The summed E-state index contributed by atoms with van der Waals surface area (Å²) in [5.74, 6) is 0.0420. The normalized spacial score (nSPS) is 11.2. The molecule has 0 spiro atoms. The van der Waals surface area contributed by atoms with E-state index in [1.807, 2.05) is 0 Å². The molecule has 0 saturated heterocycles. The van der Waals surface area contributed by atoms with Crippen LogP contribution in [0.4, 0.5) is 11.4 Å². The van der Waals surface area contributed by atoms with Gasteiger partial charge in [-0.25, -0.2) is 9.79 Å². The second-order valence-electron chi connectivity index (χ2n) is 7.35. The number of nitrogens with zero attached hydrogens (tertiary/aromatic N) is 1. The monoisotopic (exact) mass is 474 g/mol. The molecule has 1 aromatic heterocycles. The third-order valence-corrected chi connectivity index (χ3v) is 5.20. The molecule has 4 aromatic rings. The van der Waals surface area contributed by atoms with Crippen molar-refractivity contribution in [3.63, 3.8) is 0 Å².